The van der Waals surface area contributed by atoms with E-state index in [1.807, 2.05) is 24.4 Å². The Labute approximate surface area is 134 Å². The molecule has 1 saturated heterocycles. The van der Waals surface area contributed by atoms with Gasteiger partial charge >= 0.3 is 0 Å². The van der Waals surface area contributed by atoms with E-state index in [9.17, 15) is 0 Å². The Morgan fingerprint density at radius 3 is 2.48 bits per heavy atom. The number of hydrogen-bond donors (Lipinski definition) is 0. The third-order valence-corrected chi connectivity index (χ3v) is 4.17. The lowest BCUT2D eigenvalue weighted by molar-refractivity contribution is 0.249. The van der Waals surface area contributed by atoms with E-state index in [4.69, 9.17) is 23.2 Å². The summed E-state index contributed by atoms with van der Waals surface area (Å²) in [6.07, 6.45) is 1.83. The second kappa shape index (κ2) is 6.60. The number of aromatic nitrogens is 2. The third-order valence-electron chi connectivity index (χ3n) is 3.63. The number of piperazine rings is 1. The quantitative estimate of drug-likeness (QED) is 0.813. The number of pyridine rings is 2. The summed E-state index contributed by atoms with van der Waals surface area (Å²) in [4.78, 5) is 13.2. The average molecular weight is 323 g/mol. The van der Waals surface area contributed by atoms with E-state index in [1.165, 1.54) is 0 Å². The lowest BCUT2D eigenvalue weighted by atomic mass is 10.2. The second-order valence-corrected chi connectivity index (χ2v) is 5.78. The number of hydrogen-bond acceptors (Lipinski definition) is 4. The smallest absolute Gasteiger partial charge is 0.135 e. The molecule has 110 valence electrons. The number of rotatable bonds is 3. The minimum atomic E-state index is 0.434. The minimum absolute atomic E-state index is 0.434. The van der Waals surface area contributed by atoms with Crippen molar-refractivity contribution in [1.29, 1.82) is 0 Å². The van der Waals surface area contributed by atoms with Gasteiger partial charge in [0, 0.05) is 44.5 Å². The minimum Gasteiger partial charge on any atom is -0.354 e. The molecule has 6 heteroatoms. The first-order valence-electron chi connectivity index (χ1n) is 6.91. The van der Waals surface area contributed by atoms with Crippen molar-refractivity contribution in [1.82, 2.24) is 14.9 Å². The Hall–Kier alpha value is -1.36. The molecule has 0 atom stereocenters. The third kappa shape index (κ3) is 3.64. The molecule has 2 aromatic heterocycles. The van der Waals surface area contributed by atoms with Gasteiger partial charge in [0.25, 0.3) is 0 Å². The number of halogens is 2. The molecule has 1 aliphatic heterocycles. The fourth-order valence-corrected chi connectivity index (χ4v) is 2.88. The topological polar surface area (TPSA) is 32.3 Å². The van der Waals surface area contributed by atoms with Crippen molar-refractivity contribution in [3.05, 3.63) is 52.4 Å². The van der Waals surface area contributed by atoms with Gasteiger partial charge in [0.05, 0.1) is 0 Å². The summed E-state index contributed by atoms with van der Waals surface area (Å²) >= 11 is 12.0. The van der Waals surface area contributed by atoms with Crippen LogP contribution in [0.2, 0.25) is 10.3 Å². The first kappa shape index (κ1) is 14.6. The van der Waals surface area contributed by atoms with Crippen LogP contribution >= 0.6 is 23.2 Å². The zero-order valence-electron chi connectivity index (χ0n) is 11.5. The van der Waals surface area contributed by atoms with Gasteiger partial charge < -0.3 is 4.90 Å². The number of anilines is 1. The molecule has 4 nitrogen and oxygen atoms in total. The zero-order chi connectivity index (χ0) is 14.7. The summed E-state index contributed by atoms with van der Waals surface area (Å²) in [5.41, 5.74) is 1.02. The summed E-state index contributed by atoms with van der Waals surface area (Å²) in [5.74, 6) is 1.04. The lowest BCUT2D eigenvalue weighted by Crippen LogP contribution is -2.46. The van der Waals surface area contributed by atoms with Crippen LogP contribution in [0.3, 0.4) is 0 Å². The van der Waals surface area contributed by atoms with Crippen molar-refractivity contribution in [3.8, 4) is 0 Å². The van der Waals surface area contributed by atoms with Gasteiger partial charge in [-0.05, 0) is 18.2 Å². The summed E-state index contributed by atoms with van der Waals surface area (Å²) < 4.78 is 0. The summed E-state index contributed by atoms with van der Waals surface area (Å²) in [5, 5.41) is 0.929. The van der Waals surface area contributed by atoms with E-state index in [-0.39, 0.29) is 0 Å². The van der Waals surface area contributed by atoms with Gasteiger partial charge in [-0.25, -0.2) is 9.97 Å². The lowest BCUT2D eigenvalue weighted by Gasteiger charge is -2.35. The van der Waals surface area contributed by atoms with Gasteiger partial charge in [-0.1, -0.05) is 35.3 Å². The van der Waals surface area contributed by atoms with Gasteiger partial charge in [-0.2, -0.15) is 0 Å². The molecular formula is C15H16Cl2N4. The molecular weight excluding hydrogens is 307 g/mol. The van der Waals surface area contributed by atoms with E-state index >= 15 is 0 Å². The number of nitrogens with zero attached hydrogens (tertiary/aromatic N) is 4. The molecule has 3 heterocycles. The standard InChI is InChI=1S/C15H16Cl2N4/c16-13-5-4-12(15(17)19-13)11-20-7-9-21(10-8-20)14-3-1-2-6-18-14/h1-6H,7-11H2. The molecule has 21 heavy (non-hydrogen) atoms. The maximum Gasteiger partial charge on any atom is 0.135 e. The van der Waals surface area contributed by atoms with Crippen LogP contribution in [-0.4, -0.2) is 41.0 Å². The van der Waals surface area contributed by atoms with Crippen LogP contribution in [0.1, 0.15) is 5.56 Å². The van der Waals surface area contributed by atoms with Gasteiger partial charge in [-0.3, -0.25) is 4.90 Å². The van der Waals surface area contributed by atoms with Crippen LogP contribution in [0.15, 0.2) is 36.5 Å². The first-order chi connectivity index (χ1) is 10.2. The predicted molar refractivity (Wildman–Crippen MR) is 86.0 cm³/mol. The molecule has 0 aliphatic carbocycles. The molecule has 1 fully saturated rings. The van der Waals surface area contributed by atoms with Gasteiger partial charge in [-0.15, -0.1) is 0 Å². The predicted octanol–water partition coefficient (Wildman–Crippen LogP) is 3.11. The summed E-state index contributed by atoms with van der Waals surface area (Å²) in [6.45, 7) is 4.70. The van der Waals surface area contributed by atoms with Gasteiger partial charge in [0.15, 0.2) is 0 Å². The molecule has 0 aromatic carbocycles. The monoisotopic (exact) mass is 322 g/mol. The Morgan fingerprint density at radius 1 is 1.00 bits per heavy atom. The molecule has 0 radical (unpaired) electrons. The normalized spacial score (nSPS) is 16.2. The van der Waals surface area contributed by atoms with Crippen LogP contribution < -0.4 is 4.90 Å². The largest absolute Gasteiger partial charge is 0.354 e. The van der Waals surface area contributed by atoms with Crippen LogP contribution in [0, 0.1) is 0 Å². The van der Waals surface area contributed by atoms with Crippen molar-refractivity contribution < 1.29 is 0 Å². The highest BCUT2D eigenvalue weighted by Crippen LogP contribution is 2.20. The molecule has 3 rings (SSSR count). The van der Waals surface area contributed by atoms with Crippen molar-refractivity contribution in [2.45, 2.75) is 6.54 Å². The van der Waals surface area contributed by atoms with Crippen LogP contribution in [0.5, 0.6) is 0 Å². The van der Waals surface area contributed by atoms with Crippen LogP contribution in [0.4, 0.5) is 5.82 Å². The Morgan fingerprint density at radius 2 is 1.81 bits per heavy atom. The molecule has 1 aliphatic rings. The van der Waals surface area contributed by atoms with Crippen LogP contribution in [0.25, 0.3) is 0 Å². The van der Waals surface area contributed by atoms with Crippen molar-refractivity contribution in [2.75, 3.05) is 31.1 Å². The van der Waals surface area contributed by atoms with E-state index in [2.05, 4.69) is 25.8 Å². The average Bonchev–Trinajstić information content (AvgIpc) is 2.52. The summed E-state index contributed by atoms with van der Waals surface area (Å²) in [7, 11) is 0. The highest BCUT2D eigenvalue weighted by molar-refractivity contribution is 6.32. The molecule has 0 spiro atoms. The Bertz CT molecular complexity index is 598. The fourth-order valence-electron chi connectivity index (χ4n) is 2.48. The van der Waals surface area contributed by atoms with Crippen molar-refractivity contribution in [2.24, 2.45) is 0 Å². The maximum absolute atomic E-state index is 6.13. The zero-order valence-corrected chi connectivity index (χ0v) is 13.1. The Balaban J connectivity index is 1.59. The van der Waals surface area contributed by atoms with E-state index in [1.54, 1.807) is 6.07 Å². The highest BCUT2D eigenvalue weighted by atomic mass is 35.5. The van der Waals surface area contributed by atoms with E-state index < -0.39 is 0 Å². The maximum atomic E-state index is 6.13. The first-order valence-corrected chi connectivity index (χ1v) is 7.67. The van der Waals surface area contributed by atoms with Crippen molar-refractivity contribution in [3.63, 3.8) is 0 Å². The Kier molecular flexibility index (Phi) is 4.58. The van der Waals surface area contributed by atoms with Crippen molar-refractivity contribution >= 4 is 29.0 Å². The van der Waals surface area contributed by atoms with Crippen LogP contribution in [-0.2, 0) is 6.54 Å². The second-order valence-electron chi connectivity index (χ2n) is 5.04. The molecule has 0 unspecified atom stereocenters. The van der Waals surface area contributed by atoms with E-state index in [0.29, 0.717) is 10.3 Å². The fraction of sp³-hybridized carbons (Fsp3) is 0.333. The van der Waals surface area contributed by atoms with E-state index in [0.717, 1.165) is 44.1 Å². The SMILES string of the molecule is Clc1ccc(CN2CCN(c3ccccn3)CC2)c(Cl)n1. The molecule has 0 bridgehead atoms. The molecule has 0 N–H and O–H groups in total. The van der Waals surface area contributed by atoms with Gasteiger partial charge in [0.1, 0.15) is 16.1 Å². The molecule has 0 amide bonds. The molecule has 2 aromatic rings. The van der Waals surface area contributed by atoms with Gasteiger partial charge in [0.2, 0.25) is 0 Å². The summed E-state index contributed by atoms with van der Waals surface area (Å²) in [6, 6.07) is 9.74. The highest BCUT2D eigenvalue weighted by Gasteiger charge is 2.18. The molecule has 0 saturated carbocycles.